The summed E-state index contributed by atoms with van der Waals surface area (Å²) in [6.45, 7) is 2.59. The Morgan fingerprint density at radius 2 is 1.42 bits per heavy atom. The van der Waals surface area contributed by atoms with Gasteiger partial charge < -0.3 is 19.8 Å². The number of hydrogen-bond donors (Lipinski definition) is 1. The summed E-state index contributed by atoms with van der Waals surface area (Å²) in [5.41, 5.74) is 3.44. The average molecular weight is 513 g/mol. The van der Waals surface area contributed by atoms with Crippen LogP contribution in [0.1, 0.15) is 24.0 Å². The van der Waals surface area contributed by atoms with Gasteiger partial charge in [-0.25, -0.2) is 14.4 Å². The van der Waals surface area contributed by atoms with E-state index in [1.165, 1.54) is 4.90 Å². The number of nitrogens with zero attached hydrogens (tertiary/aromatic N) is 4. The van der Waals surface area contributed by atoms with Gasteiger partial charge in [-0.1, -0.05) is 60.7 Å². The largest absolute Gasteiger partial charge is 0.480 e. The number of hydrogen-bond acceptors (Lipinski definition) is 3. The van der Waals surface area contributed by atoms with Gasteiger partial charge in [0.25, 0.3) is 0 Å². The first-order valence-electron chi connectivity index (χ1n) is 12.9. The number of carboxylic acid groups (broad SMARTS) is 1. The topological polar surface area (TPSA) is 84.4 Å². The third kappa shape index (κ3) is 4.69. The van der Waals surface area contributed by atoms with Crippen molar-refractivity contribution in [2.24, 2.45) is 0 Å². The van der Waals surface area contributed by atoms with Crippen LogP contribution >= 0.6 is 0 Å². The first-order chi connectivity index (χ1) is 18.4. The Bertz CT molecular complexity index is 1280. The van der Waals surface area contributed by atoms with Crippen molar-refractivity contribution in [1.29, 1.82) is 0 Å². The molecule has 0 spiro atoms. The predicted molar refractivity (Wildman–Crippen MR) is 145 cm³/mol. The summed E-state index contributed by atoms with van der Waals surface area (Å²) in [5.74, 6) is -1.11. The van der Waals surface area contributed by atoms with Crippen LogP contribution in [0.25, 0.3) is 0 Å². The summed E-state index contributed by atoms with van der Waals surface area (Å²) in [6, 6.07) is 23.7. The lowest BCUT2D eigenvalue weighted by molar-refractivity contribution is -0.145. The lowest BCUT2D eigenvalue weighted by Crippen LogP contribution is -2.67. The SMILES string of the molecule is Cc1ccccc1CN(C)C(=O)N1[C@H]2CC[C@@H]1[C@@H](C(=O)O)N(C(=O)N(c1ccccc1)c1ccccc1)C2. The summed E-state index contributed by atoms with van der Waals surface area (Å²) >= 11 is 0. The van der Waals surface area contributed by atoms with E-state index >= 15 is 0 Å². The molecule has 3 aromatic rings. The number of urea groups is 2. The van der Waals surface area contributed by atoms with E-state index in [0.717, 1.165) is 11.1 Å². The number of carbonyl (C=O) groups is 3. The number of para-hydroxylation sites is 2. The molecule has 0 radical (unpaired) electrons. The molecular formula is C30H32N4O4. The van der Waals surface area contributed by atoms with Crippen molar-refractivity contribution in [2.45, 2.75) is 44.4 Å². The predicted octanol–water partition coefficient (Wildman–Crippen LogP) is 5.11. The van der Waals surface area contributed by atoms with E-state index in [0.29, 0.717) is 30.8 Å². The van der Waals surface area contributed by atoms with E-state index in [1.54, 1.807) is 21.7 Å². The van der Waals surface area contributed by atoms with Crippen LogP contribution in [0.2, 0.25) is 0 Å². The van der Waals surface area contributed by atoms with Gasteiger partial charge in [-0.15, -0.1) is 0 Å². The van der Waals surface area contributed by atoms with Crippen molar-refractivity contribution in [2.75, 3.05) is 18.5 Å². The number of aliphatic carboxylic acids is 1. The third-order valence-corrected chi connectivity index (χ3v) is 7.59. The van der Waals surface area contributed by atoms with Crippen molar-refractivity contribution in [3.8, 4) is 0 Å². The number of benzene rings is 3. The van der Waals surface area contributed by atoms with Gasteiger partial charge in [0.1, 0.15) is 0 Å². The van der Waals surface area contributed by atoms with Gasteiger partial charge >= 0.3 is 18.0 Å². The van der Waals surface area contributed by atoms with Gasteiger partial charge in [-0.3, -0.25) is 4.90 Å². The Morgan fingerprint density at radius 3 is 2.00 bits per heavy atom. The van der Waals surface area contributed by atoms with Crippen molar-refractivity contribution in [3.63, 3.8) is 0 Å². The number of rotatable bonds is 5. The normalized spacial score (nSPS) is 20.2. The Morgan fingerprint density at radius 1 is 0.842 bits per heavy atom. The van der Waals surface area contributed by atoms with Gasteiger partial charge in [0, 0.05) is 20.1 Å². The molecule has 2 aliphatic rings. The van der Waals surface area contributed by atoms with Gasteiger partial charge in [0.15, 0.2) is 6.04 Å². The van der Waals surface area contributed by atoms with E-state index in [9.17, 15) is 19.5 Å². The van der Waals surface area contributed by atoms with Crippen LogP contribution in [0, 0.1) is 6.92 Å². The quantitative estimate of drug-likeness (QED) is 0.515. The summed E-state index contributed by atoms with van der Waals surface area (Å²) in [6.07, 6.45) is 1.19. The van der Waals surface area contributed by atoms with Crippen molar-refractivity contribution in [1.82, 2.24) is 14.7 Å². The lowest BCUT2D eigenvalue weighted by Gasteiger charge is -2.47. The van der Waals surface area contributed by atoms with E-state index < -0.39 is 24.1 Å². The highest BCUT2D eigenvalue weighted by Gasteiger charge is 2.54. The molecule has 38 heavy (non-hydrogen) atoms. The molecule has 0 unspecified atom stereocenters. The minimum atomic E-state index is -1.15. The Hall–Kier alpha value is -4.33. The van der Waals surface area contributed by atoms with Gasteiger partial charge in [-0.2, -0.15) is 0 Å². The van der Waals surface area contributed by atoms with Crippen LogP contribution < -0.4 is 4.90 Å². The monoisotopic (exact) mass is 512 g/mol. The highest BCUT2D eigenvalue weighted by Crippen LogP contribution is 2.37. The van der Waals surface area contributed by atoms with Crippen LogP contribution in [0.3, 0.4) is 0 Å². The lowest BCUT2D eigenvalue weighted by atomic mass is 10.0. The van der Waals surface area contributed by atoms with Crippen molar-refractivity contribution >= 4 is 29.4 Å². The number of aryl methyl sites for hydroxylation is 1. The molecule has 2 heterocycles. The maximum absolute atomic E-state index is 14.1. The Labute approximate surface area is 222 Å². The molecule has 1 N–H and O–H groups in total. The maximum atomic E-state index is 14.1. The summed E-state index contributed by atoms with van der Waals surface area (Å²) < 4.78 is 0. The van der Waals surface area contributed by atoms with Gasteiger partial charge in [-0.05, 0) is 55.2 Å². The van der Waals surface area contributed by atoms with Crippen LogP contribution in [-0.4, -0.2) is 69.6 Å². The fourth-order valence-corrected chi connectivity index (χ4v) is 5.70. The molecule has 8 nitrogen and oxygen atoms in total. The molecule has 3 aromatic carbocycles. The number of piperazine rings is 1. The van der Waals surface area contributed by atoms with Crippen LogP contribution in [0.15, 0.2) is 84.9 Å². The standard InChI is InChI=1S/C30H32N4O4/c1-21-11-9-10-12-22(21)19-31(2)29(37)34-25-17-18-26(34)27(28(35)36)32(20-25)30(38)33(23-13-5-3-6-14-23)24-15-7-4-8-16-24/h3-16,25-27H,17-20H2,1-2H3,(H,35,36)/t25-,26+,27-/m0/s1. The zero-order valence-electron chi connectivity index (χ0n) is 21.6. The summed E-state index contributed by atoms with van der Waals surface area (Å²) in [7, 11) is 1.74. The second-order valence-electron chi connectivity index (χ2n) is 10.00. The number of anilines is 2. The second-order valence-corrected chi connectivity index (χ2v) is 10.00. The third-order valence-electron chi connectivity index (χ3n) is 7.59. The molecule has 0 aromatic heterocycles. The van der Waals surface area contributed by atoms with Crippen LogP contribution in [-0.2, 0) is 11.3 Å². The van der Waals surface area contributed by atoms with E-state index in [-0.39, 0.29) is 18.6 Å². The molecule has 4 amide bonds. The van der Waals surface area contributed by atoms with Gasteiger partial charge in [0.2, 0.25) is 0 Å². The second kappa shape index (κ2) is 10.6. The summed E-state index contributed by atoms with van der Waals surface area (Å²) in [5, 5.41) is 10.3. The average Bonchev–Trinajstić information content (AvgIpc) is 3.22. The zero-order chi connectivity index (χ0) is 26.8. The first-order valence-corrected chi connectivity index (χ1v) is 12.9. The first kappa shape index (κ1) is 25.3. The molecule has 3 atom stereocenters. The molecule has 8 heteroatoms. The molecule has 0 aliphatic carbocycles. The zero-order valence-corrected chi connectivity index (χ0v) is 21.6. The van der Waals surface area contributed by atoms with Crippen LogP contribution in [0.4, 0.5) is 21.0 Å². The Balaban J connectivity index is 1.43. The number of carbonyl (C=O) groups excluding carboxylic acids is 2. The molecule has 5 rings (SSSR count). The molecule has 0 saturated carbocycles. The Kier molecular flexibility index (Phi) is 7.05. The number of fused-ring (bicyclic) bond motifs is 2. The number of carboxylic acids is 1. The molecule has 2 saturated heterocycles. The minimum Gasteiger partial charge on any atom is -0.480 e. The minimum absolute atomic E-state index is 0.159. The highest BCUT2D eigenvalue weighted by molar-refractivity contribution is 6.01. The van der Waals surface area contributed by atoms with Crippen molar-refractivity contribution in [3.05, 3.63) is 96.1 Å². The molecule has 2 fully saturated rings. The summed E-state index contributed by atoms with van der Waals surface area (Å²) in [4.78, 5) is 46.7. The molecule has 2 bridgehead atoms. The molecule has 2 aliphatic heterocycles. The molecular weight excluding hydrogens is 480 g/mol. The van der Waals surface area contributed by atoms with E-state index in [4.69, 9.17) is 0 Å². The van der Waals surface area contributed by atoms with E-state index in [1.807, 2.05) is 91.9 Å². The van der Waals surface area contributed by atoms with Gasteiger partial charge in [0.05, 0.1) is 23.5 Å². The highest BCUT2D eigenvalue weighted by atomic mass is 16.4. The maximum Gasteiger partial charge on any atom is 0.329 e. The fourth-order valence-electron chi connectivity index (χ4n) is 5.70. The fraction of sp³-hybridized carbons (Fsp3) is 0.300. The van der Waals surface area contributed by atoms with Crippen LogP contribution in [0.5, 0.6) is 0 Å². The van der Waals surface area contributed by atoms with E-state index in [2.05, 4.69) is 0 Å². The van der Waals surface area contributed by atoms with Crippen molar-refractivity contribution < 1.29 is 19.5 Å². The number of likely N-dealkylation sites (tertiary alicyclic amines) is 1. The smallest absolute Gasteiger partial charge is 0.329 e. The number of amides is 4. The molecule has 196 valence electrons.